The van der Waals surface area contributed by atoms with Crippen LogP contribution >= 0.6 is 11.6 Å². The van der Waals surface area contributed by atoms with E-state index in [0.717, 1.165) is 85.5 Å². The van der Waals surface area contributed by atoms with Crippen LogP contribution in [0.5, 0.6) is 0 Å². The van der Waals surface area contributed by atoms with E-state index in [0.29, 0.717) is 16.4 Å². The lowest BCUT2D eigenvalue weighted by molar-refractivity contribution is 0.0993. The smallest absolute Gasteiger partial charge is 0.167 e. The minimum Gasteiger partial charge on any atom is -0.383 e. The van der Waals surface area contributed by atoms with Gasteiger partial charge in [0.15, 0.2) is 11.6 Å². The molecule has 0 atom stereocenters. The number of Topliss-reactive ketones (excluding diaryl/α,β-unsaturated/α-hetero) is 1. The van der Waals surface area contributed by atoms with Gasteiger partial charge in [0.05, 0.1) is 12.3 Å². The third-order valence-electron chi connectivity index (χ3n) is 7.60. The van der Waals surface area contributed by atoms with Crippen LogP contribution in [-0.4, -0.2) is 76.9 Å². The molecule has 0 unspecified atom stereocenters. The zero-order chi connectivity index (χ0) is 29.6. The number of methoxy groups -OCH3 is 1. The number of carbonyl (C=O) groups excluding carboxylic acids is 1. The van der Waals surface area contributed by atoms with Gasteiger partial charge in [0.1, 0.15) is 12.1 Å². The highest BCUT2D eigenvalue weighted by Crippen LogP contribution is 2.27. The predicted molar refractivity (Wildman–Crippen MR) is 168 cm³/mol. The number of rotatable bonds is 11. The summed E-state index contributed by atoms with van der Waals surface area (Å²) in [7, 11) is 1.73. The molecule has 1 saturated heterocycles. The fraction of sp³-hybridized carbons (Fsp3) is 0.375. The molecule has 10 heteroatoms. The Morgan fingerprint density at radius 2 is 1.83 bits per heavy atom. The topological polar surface area (TPSA) is 88.4 Å². The fourth-order valence-electron chi connectivity index (χ4n) is 5.17. The van der Waals surface area contributed by atoms with Crippen LogP contribution in [0.3, 0.4) is 0 Å². The van der Waals surface area contributed by atoms with E-state index < -0.39 is 0 Å². The average molecular weight is 588 g/mol. The zero-order valence-electron chi connectivity index (χ0n) is 24.7. The molecule has 2 aromatic heterocycles. The Bertz CT molecular complexity index is 1550. The minimum atomic E-state index is 0.0289. The molecule has 1 fully saturated rings. The van der Waals surface area contributed by atoms with Crippen LogP contribution in [0.2, 0.25) is 5.02 Å². The first-order valence-electron chi connectivity index (χ1n) is 14.4. The standard InChI is InChI=1S/C32H38ClN7O2/c1-5-27-20-31(35-21-34-27)40-32(14-23(3)37-40)36-29-15-24(7-6-22(29)2)16-30(41)25-17-26(33)19-28(18-25)39-10-8-38(9-11-39)12-13-42-4/h6-7,14-15,17-21,36H,5,8-13,16H2,1-4H3. The number of hydrogen-bond donors (Lipinski definition) is 1. The molecule has 3 heterocycles. The van der Waals surface area contributed by atoms with Gasteiger partial charge in [-0.15, -0.1) is 0 Å². The summed E-state index contributed by atoms with van der Waals surface area (Å²) in [6.07, 6.45) is 2.65. The number of aromatic nitrogens is 4. The van der Waals surface area contributed by atoms with Gasteiger partial charge in [0.25, 0.3) is 0 Å². The first-order valence-corrected chi connectivity index (χ1v) is 14.7. The van der Waals surface area contributed by atoms with Crippen molar-refractivity contribution in [3.05, 3.63) is 88.0 Å². The number of anilines is 3. The first kappa shape index (κ1) is 29.7. The Balaban J connectivity index is 1.31. The van der Waals surface area contributed by atoms with Gasteiger partial charge in [-0.2, -0.15) is 9.78 Å². The summed E-state index contributed by atoms with van der Waals surface area (Å²) >= 11 is 6.50. The molecule has 5 rings (SSSR count). The lowest BCUT2D eigenvalue weighted by Gasteiger charge is -2.36. The fourth-order valence-corrected chi connectivity index (χ4v) is 5.39. The summed E-state index contributed by atoms with van der Waals surface area (Å²) in [5.41, 5.74) is 6.31. The molecule has 0 saturated carbocycles. The van der Waals surface area contributed by atoms with Gasteiger partial charge in [-0.1, -0.05) is 30.7 Å². The quantitative estimate of drug-likeness (QED) is 0.232. The second-order valence-corrected chi connectivity index (χ2v) is 11.1. The van der Waals surface area contributed by atoms with Crippen LogP contribution in [-0.2, 0) is 17.6 Å². The van der Waals surface area contributed by atoms with Crippen LogP contribution in [0.1, 0.15) is 39.8 Å². The number of nitrogens with zero attached hydrogens (tertiary/aromatic N) is 6. The Labute approximate surface area is 252 Å². The molecule has 1 aliphatic heterocycles. The Morgan fingerprint density at radius 1 is 1.02 bits per heavy atom. The lowest BCUT2D eigenvalue weighted by atomic mass is 10.0. The van der Waals surface area contributed by atoms with E-state index >= 15 is 0 Å². The van der Waals surface area contributed by atoms with Gasteiger partial charge < -0.3 is 15.0 Å². The molecule has 0 radical (unpaired) electrons. The normalized spacial score (nSPS) is 13.9. The van der Waals surface area contributed by atoms with Crippen LogP contribution in [0, 0.1) is 13.8 Å². The van der Waals surface area contributed by atoms with Crippen LogP contribution in [0.4, 0.5) is 17.2 Å². The van der Waals surface area contributed by atoms with E-state index in [1.165, 1.54) is 0 Å². The summed E-state index contributed by atoms with van der Waals surface area (Å²) in [5.74, 6) is 1.53. The predicted octanol–water partition coefficient (Wildman–Crippen LogP) is 5.43. The highest BCUT2D eigenvalue weighted by molar-refractivity contribution is 6.31. The van der Waals surface area contributed by atoms with Crippen molar-refractivity contribution in [2.75, 3.05) is 56.7 Å². The van der Waals surface area contributed by atoms with Crippen molar-refractivity contribution in [2.45, 2.75) is 33.6 Å². The van der Waals surface area contributed by atoms with E-state index in [4.69, 9.17) is 16.3 Å². The third kappa shape index (κ3) is 7.15. The van der Waals surface area contributed by atoms with Gasteiger partial charge in [-0.25, -0.2) is 9.97 Å². The van der Waals surface area contributed by atoms with E-state index in [1.807, 2.05) is 56.3 Å². The maximum Gasteiger partial charge on any atom is 0.167 e. The van der Waals surface area contributed by atoms with Gasteiger partial charge in [-0.05, 0) is 55.7 Å². The van der Waals surface area contributed by atoms with Crippen molar-refractivity contribution in [1.29, 1.82) is 0 Å². The molecule has 2 aromatic carbocycles. The first-order chi connectivity index (χ1) is 20.3. The summed E-state index contributed by atoms with van der Waals surface area (Å²) in [6.45, 7) is 11.4. The van der Waals surface area contributed by atoms with Crippen molar-refractivity contribution >= 4 is 34.6 Å². The van der Waals surface area contributed by atoms with E-state index in [9.17, 15) is 4.79 Å². The Kier molecular flexibility index (Phi) is 9.51. The number of hydrogen-bond acceptors (Lipinski definition) is 8. The molecule has 42 heavy (non-hydrogen) atoms. The molecule has 0 aliphatic carbocycles. The molecule has 220 valence electrons. The van der Waals surface area contributed by atoms with Gasteiger partial charge >= 0.3 is 0 Å². The molecule has 0 amide bonds. The minimum absolute atomic E-state index is 0.0289. The maximum absolute atomic E-state index is 13.5. The van der Waals surface area contributed by atoms with Gasteiger partial charge in [0, 0.05) is 86.0 Å². The van der Waals surface area contributed by atoms with Gasteiger partial charge in [0.2, 0.25) is 0 Å². The number of benzene rings is 2. The zero-order valence-corrected chi connectivity index (χ0v) is 25.5. The highest BCUT2D eigenvalue weighted by atomic mass is 35.5. The summed E-state index contributed by atoms with van der Waals surface area (Å²) in [4.78, 5) is 26.9. The number of halogens is 1. The Morgan fingerprint density at radius 3 is 2.60 bits per heavy atom. The summed E-state index contributed by atoms with van der Waals surface area (Å²) in [6, 6.07) is 15.7. The number of aryl methyl sites for hydroxylation is 3. The summed E-state index contributed by atoms with van der Waals surface area (Å²) in [5, 5.41) is 8.74. The van der Waals surface area contributed by atoms with Crippen LogP contribution < -0.4 is 10.2 Å². The third-order valence-corrected chi connectivity index (χ3v) is 7.82. The van der Waals surface area contributed by atoms with Crippen molar-refractivity contribution in [1.82, 2.24) is 24.6 Å². The highest BCUT2D eigenvalue weighted by Gasteiger charge is 2.19. The maximum atomic E-state index is 13.5. The van der Waals surface area contributed by atoms with Crippen LogP contribution in [0.25, 0.3) is 5.82 Å². The van der Waals surface area contributed by atoms with E-state index in [1.54, 1.807) is 24.2 Å². The number of nitrogens with one attached hydrogen (secondary N) is 1. The van der Waals surface area contributed by atoms with Crippen molar-refractivity contribution in [2.24, 2.45) is 0 Å². The molecule has 0 bridgehead atoms. The van der Waals surface area contributed by atoms with Crippen molar-refractivity contribution in [3.8, 4) is 5.82 Å². The number of ether oxygens (including phenoxy) is 1. The second kappa shape index (κ2) is 13.5. The second-order valence-electron chi connectivity index (χ2n) is 10.7. The largest absolute Gasteiger partial charge is 0.383 e. The SMILES string of the molecule is CCc1cc(-n2nc(C)cc2Nc2cc(CC(=O)c3cc(Cl)cc(N4CCN(CCOC)CC4)c3)ccc2C)ncn1. The molecule has 9 nitrogen and oxygen atoms in total. The molecule has 0 spiro atoms. The Hall–Kier alpha value is -3.79. The summed E-state index contributed by atoms with van der Waals surface area (Å²) < 4.78 is 7.01. The number of ketones is 1. The van der Waals surface area contributed by atoms with Crippen molar-refractivity contribution < 1.29 is 9.53 Å². The number of carbonyl (C=O) groups is 1. The lowest BCUT2D eigenvalue weighted by Crippen LogP contribution is -2.47. The molecule has 1 N–H and O–H groups in total. The number of piperazine rings is 1. The van der Waals surface area contributed by atoms with Crippen molar-refractivity contribution in [3.63, 3.8) is 0 Å². The molecular weight excluding hydrogens is 550 g/mol. The monoisotopic (exact) mass is 587 g/mol. The molecule has 1 aliphatic rings. The molecular formula is C32H38ClN7O2. The van der Waals surface area contributed by atoms with Crippen LogP contribution in [0.15, 0.2) is 54.9 Å². The van der Waals surface area contributed by atoms with E-state index in [-0.39, 0.29) is 12.2 Å². The van der Waals surface area contributed by atoms with Gasteiger partial charge in [-0.3, -0.25) is 9.69 Å². The van der Waals surface area contributed by atoms with E-state index in [2.05, 4.69) is 37.1 Å². The molecule has 4 aromatic rings. The average Bonchev–Trinajstić information content (AvgIpc) is 3.37.